The van der Waals surface area contributed by atoms with E-state index < -0.39 is 0 Å². The van der Waals surface area contributed by atoms with Crippen molar-refractivity contribution < 1.29 is 4.79 Å². The fraction of sp³-hybridized carbons (Fsp3) is 0.263. The molecule has 4 nitrogen and oxygen atoms in total. The molecule has 1 aliphatic rings. The predicted octanol–water partition coefficient (Wildman–Crippen LogP) is 2.99. The summed E-state index contributed by atoms with van der Waals surface area (Å²) in [7, 11) is 1.90. The first-order valence-electron chi connectivity index (χ1n) is 7.95. The van der Waals surface area contributed by atoms with Crippen LogP contribution in [-0.2, 0) is 18.4 Å². The molecule has 1 saturated carbocycles. The van der Waals surface area contributed by atoms with Gasteiger partial charge in [0.15, 0.2) is 0 Å². The van der Waals surface area contributed by atoms with Gasteiger partial charge in [0.1, 0.15) is 0 Å². The number of amides is 1. The monoisotopic (exact) mass is 305 g/mol. The van der Waals surface area contributed by atoms with Gasteiger partial charge in [-0.25, -0.2) is 0 Å². The van der Waals surface area contributed by atoms with Crippen molar-refractivity contribution in [2.75, 3.05) is 0 Å². The van der Waals surface area contributed by atoms with E-state index in [2.05, 4.69) is 34.7 Å². The minimum Gasteiger partial charge on any atom is -0.352 e. The lowest BCUT2D eigenvalue weighted by Gasteiger charge is -2.08. The second-order valence-corrected chi connectivity index (χ2v) is 6.25. The Balaban J connectivity index is 1.42. The zero-order valence-corrected chi connectivity index (χ0v) is 13.1. The molecule has 0 bridgehead atoms. The minimum atomic E-state index is 0.0918. The molecule has 23 heavy (non-hydrogen) atoms. The topological polar surface area (TPSA) is 46.9 Å². The van der Waals surface area contributed by atoms with E-state index in [9.17, 15) is 4.79 Å². The molecule has 2 unspecified atom stereocenters. The molecule has 1 amide bonds. The van der Waals surface area contributed by atoms with Crippen LogP contribution in [0.1, 0.15) is 23.5 Å². The Morgan fingerprint density at radius 1 is 1.26 bits per heavy atom. The largest absolute Gasteiger partial charge is 0.352 e. The number of aromatic nitrogens is 2. The first-order chi connectivity index (χ1) is 11.2. The number of fused-ring (bicyclic) bond motifs is 1. The quantitative estimate of drug-likeness (QED) is 0.805. The van der Waals surface area contributed by atoms with Crippen molar-refractivity contribution in [2.24, 2.45) is 13.0 Å². The van der Waals surface area contributed by atoms with Crippen LogP contribution in [-0.4, -0.2) is 15.7 Å². The molecule has 0 saturated heterocycles. The zero-order valence-electron chi connectivity index (χ0n) is 13.1. The van der Waals surface area contributed by atoms with Gasteiger partial charge in [0.25, 0.3) is 0 Å². The Bertz CT molecular complexity index is 862. The molecule has 4 rings (SSSR count). The minimum absolute atomic E-state index is 0.0918. The number of carbonyl (C=O) groups is 1. The lowest BCUT2D eigenvalue weighted by Crippen LogP contribution is -2.24. The summed E-state index contributed by atoms with van der Waals surface area (Å²) >= 11 is 0. The maximum absolute atomic E-state index is 12.4. The predicted molar refractivity (Wildman–Crippen MR) is 89.9 cm³/mol. The summed E-state index contributed by atoms with van der Waals surface area (Å²) in [5.74, 6) is 0.567. The molecule has 2 atom stereocenters. The maximum Gasteiger partial charge on any atom is 0.224 e. The van der Waals surface area contributed by atoms with Gasteiger partial charge < -0.3 is 5.32 Å². The molecular formula is C19H19N3O. The third-order valence-electron chi connectivity index (χ3n) is 4.61. The lowest BCUT2D eigenvalue weighted by molar-refractivity contribution is -0.122. The van der Waals surface area contributed by atoms with Crippen molar-refractivity contribution in [1.82, 2.24) is 15.1 Å². The smallest absolute Gasteiger partial charge is 0.224 e. The highest BCUT2D eigenvalue weighted by Gasteiger charge is 2.44. The third kappa shape index (κ3) is 2.72. The Morgan fingerprint density at radius 3 is 2.91 bits per heavy atom. The number of nitrogens with zero attached hydrogens (tertiary/aromatic N) is 2. The van der Waals surface area contributed by atoms with E-state index in [0.717, 1.165) is 17.5 Å². The van der Waals surface area contributed by atoms with Gasteiger partial charge in [-0.1, -0.05) is 42.5 Å². The van der Waals surface area contributed by atoms with Crippen LogP contribution in [0.3, 0.4) is 0 Å². The summed E-state index contributed by atoms with van der Waals surface area (Å²) in [6.45, 7) is 0.580. The Kier molecular flexibility index (Phi) is 3.37. The van der Waals surface area contributed by atoms with Crippen molar-refractivity contribution >= 4 is 16.7 Å². The average Bonchev–Trinajstić information content (AvgIpc) is 3.27. The lowest BCUT2D eigenvalue weighted by atomic mass is 10.0. The Hall–Kier alpha value is -2.62. The standard InChI is InChI=1S/C19H19N3O/c1-22-12-15(11-21-22)17-9-18(17)19(23)20-10-14-7-4-6-13-5-2-3-8-16(13)14/h2-8,11-12,17-18H,9-10H2,1H3,(H,20,23). The van der Waals surface area contributed by atoms with E-state index in [4.69, 9.17) is 0 Å². The van der Waals surface area contributed by atoms with Gasteiger partial charge in [-0.15, -0.1) is 0 Å². The molecule has 116 valence electrons. The van der Waals surface area contributed by atoms with Crippen LogP contribution in [0.15, 0.2) is 54.9 Å². The van der Waals surface area contributed by atoms with Crippen LogP contribution < -0.4 is 5.32 Å². The fourth-order valence-corrected chi connectivity index (χ4v) is 3.24. The number of hydrogen-bond donors (Lipinski definition) is 1. The second-order valence-electron chi connectivity index (χ2n) is 6.25. The van der Waals surface area contributed by atoms with Crippen LogP contribution in [0, 0.1) is 5.92 Å². The molecule has 0 aliphatic heterocycles. The van der Waals surface area contributed by atoms with Crippen molar-refractivity contribution in [3.8, 4) is 0 Å². The van der Waals surface area contributed by atoms with Crippen LogP contribution in [0.25, 0.3) is 10.8 Å². The highest BCUT2D eigenvalue weighted by molar-refractivity contribution is 5.87. The van der Waals surface area contributed by atoms with Crippen LogP contribution >= 0.6 is 0 Å². The summed E-state index contributed by atoms with van der Waals surface area (Å²) in [5.41, 5.74) is 2.33. The number of carbonyl (C=O) groups excluding carboxylic acids is 1. The van der Waals surface area contributed by atoms with Crippen molar-refractivity contribution in [1.29, 1.82) is 0 Å². The second kappa shape index (κ2) is 5.54. The molecule has 1 fully saturated rings. The Morgan fingerprint density at radius 2 is 2.09 bits per heavy atom. The normalized spacial score (nSPS) is 19.7. The highest BCUT2D eigenvalue weighted by Crippen LogP contribution is 2.47. The van der Waals surface area contributed by atoms with Gasteiger partial charge in [-0.3, -0.25) is 9.48 Å². The summed E-state index contributed by atoms with van der Waals surface area (Å²) in [4.78, 5) is 12.4. The van der Waals surface area contributed by atoms with Crippen LogP contribution in [0.5, 0.6) is 0 Å². The fourth-order valence-electron chi connectivity index (χ4n) is 3.24. The zero-order chi connectivity index (χ0) is 15.8. The first kappa shape index (κ1) is 14.0. The first-order valence-corrected chi connectivity index (χ1v) is 7.95. The van der Waals surface area contributed by atoms with E-state index in [1.807, 2.05) is 37.6 Å². The molecule has 0 spiro atoms. The molecule has 3 aromatic rings. The molecule has 2 aromatic carbocycles. The Labute approximate surface area is 135 Å². The highest BCUT2D eigenvalue weighted by atomic mass is 16.2. The van der Waals surface area contributed by atoms with Gasteiger partial charge in [0.2, 0.25) is 5.91 Å². The van der Waals surface area contributed by atoms with Crippen molar-refractivity contribution in [3.05, 3.63) is 66.0 Å². The van der Waals surface area contributed by atoms with Gasteiger partial charge >= 0.3 is 0 Å². The molecule has 0 radical (unpaired) electrons. The summed E-state index contributed by atoms with van der Waals surface area (Å²) in [6, 6.07) is 14.5. The molecule has 1 N–H and O–H groups in total. The molecule has 1 aromatic heterocycles. The molecule has 1 aliphatic carbocycles. The van der Waals surface area contributed by atoms with Gasteiger partial charge in [0.05, 0.1) is 6.20 Å². The van der Waals surface area contributed by atoms with Crippen molar-refractivity contribution in [3.63, 3.8) is 0 Å². The maximum atomic E-state index is 12.4. The number of benzene rings is 2. The summed E-state index contributed by atoms with van der Waals surface area (Å²) in [5, 5.41) is 9.69. The van der Waals surface area contributed by atoms with Gasteiger partial charge in [0, 0.05) is 25.7 Å². The molecule has 4 heteroatoms. The number of rotatable bonds is 4. The third-order valence-corrected chi connectivity index (χ3v) is 4.61. The number of aryl methyl sites for hydroxylation is 1. The van der Waals surface area contributed by atoms with E-state index in [-0.39, 0.29) is 11.8 Å². The molecule has 1 heterocycles. The number of nitrogens with one attached hydrogen (secondary N) is 1. The van der Waals surface area contributed by atoms with E-state index in [0.29, 0.717) is 12.5 Å². The van der Waals surface area contributed by atoms with E-state index in [1.165, 1.54) is 10.8 Å². The van der Waals surface area contributed by atoms with Crippen LogP contribution in [0.4, 0.5) is 0 Å². The van der Waals surface area contributed by atoms with Gasteiger partial charge in [-0.2, -0.15) is 5.10 Å². The van der Waals surface area contributed by atoms with Gasteiger partial charge in [-0.05, 0) is 34.2 Å². The molecular weight excluding hydrogens is 286 g/mol. The van der Waals surface area contributed by atoms with E-state index in [1.54, 1.807) is 4.68 Å². The van der Waals surface area contributed by atoms with Crippen LogP contribution in [0.2, 0.25) is 0 Å². The average molecular weight is 305 g/mol. The van der Waals surface area contributed by atoms with Crippen molar-refractivity contribution in [2.45, 2.75) is 18.9 Å². The summed E-state index contributed by atoms with van der Waals surface area (Å²) in [6.07, 6.45) is 4.79. The number of hydrogen-bond acceptors (Lipinski definition) is 2. The van der Waals surface area contributed by atoms with E-state index >= 15 is 0 Å². The summed E-state index contributed by atoms with van der Waals surface area (Å²) < 4.78 is 1.79. The SMILES string of the molecule is Cn1cc(C2CC2C(=O)NCc2cccc3ccccc23)cn1.